The first-order valence-corrected chi connectivity index (χ1v) is 10.5. The molecule has 10 nitrogen and oxygen atoms in total. The monoisotopic (exact) mass is 423 g/mol. The van der Waals surface area contributed by atoms with Crippen molar-refractivity contribution in [2.75, 3.05) is 25.6 Å². The van der Waals surface area contributed by atoms with Crippen LogP contribution in [0.2, 0.25) is 0 Å². The fourth-order valence-electron chi connectivity index (χ4n) is 4.19. The maximum atomic E-state index is 8.92. The summed E-state index contributed by atoms with van der Waals surface area (Å²) in [6.07, 6.45) is 9.42. The van der Waals surface area contributed by atoms with E-state index < -0.39 is 0 Å². The van der Waals surface area contributed by atoms with Gasteiger partial charge in [0, 0.05) is 29.6 Å². The molecule has 3 N–H and O–H groups in total. The van der Waals surface area contributed by atoms with Crippen molar-refractivity contribution < 1.29 is 14.6 Å². The molecule has 5 rings (SSSR count). The number of nitrogens with one attached hydrogen (secondary N) is 2. The van der Waals surface area contributed by atoms with Crippen molar-refractivity contribution in [1.82, 2.24) is 29.5 Å². The zero-order valence-electron chi connectivity index (χ0n) is 17.3. The number of nitrogens with zero attached hydrogens (tertiary/aromatic N) is 5. The van der Waals surface area contributed by atoms with Gasteiger partial charge in [-0.25, -0.2) is 9.50 Å². The summed E-state index contributed by atoms with van der Waals surface area (Å²) in [5.74, 6) is 1.06. The van der Waals surface area contributed by atoms with Crippen molar-refractivity contribution in [3.63, 3.8) is 0 Å². The molecule has 0 radical (unpaired) electrons. The summed E-state index contributed by atoms with van der Waals surface area (Å²) in [6.45, 7) is 0.468. The van der Waals surface area contributed by atoms with E-state index >= 15 is 0 Å². The van der Waals surface area contributed by atoms with E-state index in [0.29, 0.717) is 24.1 Å². The zero-order valence-corrected chi connectivity index (χ0v) is 17.3. The van der Waals surface area contributed by atoms with Crippen LogP contribution in [0.15, 0.2) is 30.9 Å². The van der Waals surface area contributed by atoms with Crippen molar-refractivity contribution in [3.05, 3.63) is 30.9 Å². The number of fused-ring (bicyclic) bond motifs is 2. The van der Waals surface area contributed by atoms with E-state index in [1.165, 1.54) is 6.33 Å². The molecule has 1 saturated carbocycles. The van der Waals surface area contributed by atoms with E-state index in [1.54, 1.807) is 11.6 Å². The minimum atomic E-state index is 0.0661. The van der Waals surface area contributed by atoms with Crippen LogP contribution >= 0.6 is 0 Å². The lowest BCUT2D eigenvalue weighted by atomic mass is 9.93. The van der Waals surface area contributed by atoms with E-state index in [9.17, 15) is 0 Å². The van der Waals surface area contributed by atoms with Crippen LogP contribution in [0.3, 0.4) is 0 Å². The number of anilines is 1. The molecular weight excluding hydrogens is 398 g/mol. The molecule has 0 amide bonds. The van der Waals surface area contributed by atoms with Gasteiger partial charge in [-0.1, -0.05) is 0 Å². The van der Waals surface area contributed by atoms with Gasteiger partial charge in [-0.15, -0.1) is 0 Å². The Hall–Kier alpha value is -3.24. The van der Waals surface area contributed by atoms with Gasteiger partial charge in [-0.3, -0.25) is 0 Å². The normalized spacial score (nSPS) is 19.2. The van der Waals surface area contributed by atoms with E-state index in [2.05, 4.69) is 30.4 Å². The highest BCUT2D eigenvalue weighted by Crippen LogP contribution is 2.34. The molecule has 4 aromatic rings. The number of methoxy groups -OCH3 is 1. The van der Waals surface area contributed by atoms with Crippen LogP contribution in [0.4, 0.5) is 5.95 Å². The molecule has 1 aliphatic carbocycles. The van der Waals surface area contributed by atoms with Crippen LogP contribution in [0, 0.1) is 0 Å². The number of hydrogen-bond donors (Lipinski definition) is 3. The quantitative estimate of drug-likeness (QED) is 0.414. The minimum absolute atomic E-state index is 0.0661. The number of rotatable bonds is 7. The van der Waals surface area contributed by atoms with E-state index in [1.807, 2.05) is 24.5 Å². The average Bonchev–Trinajstić information content (AvgIpc) is 3.44. The number of aliphatic hydroxyl groups is 1. The Morgan fingerprint density at radius 3 is 2.90 bits per heavy atom. The molecule has 1 aliphatic rings. The van der Waals surface area contributed by atoms with Gasteiger partial charge in [-0.05, 0) is 37.8 Å². The molecule has 31 heavy (non-hydrogen) atoms. The Morgan fingerprint density at radius 1 is 1.23 bits per heavy atom. The summed E-state index contributed by atoms with van der Waals surface area (Å²) in [5.41, 5.74) is 3.41. The molecule has 0 spiro atoms. The van der Waals surface area contributed by atoms with Crippen molar-refractivity contribution >= 4 is 22.6 Å². The number of hydrogen-bond acceptors (Lipinski definition) is 8. The highest BCUT2D eigenvalue weighted by molar-refractivity contribution is 5.97. The second-order valence-electron chi connectivity index (χ2n) is 7.68. The van der Waals surface area contributed by atoms with Gasteiger partial charge >= 0.3 is 0 Å². The molecule has 4 aromatic heterocycles. The summed E-state index contributed by atoms with van der Waals surface area (Å²) in [4.78, 5) is 16.8. The third-order valence-corrected chi connectivity index (χ3v) is 5.73. The van der Waals surface area contributed by atoms with Crippen LogP contribution in [0.25, 0.3) is 27.8 Å². The van der Waals surface area contributed by atoms with Crippen LogP contribution in [-0.2, 0) is 4.74 Å². The van der Waals surface area contributed by atoms with Crippen molar-refractivity contribution in [2.24, 2.45) is 0 Å². The second kappa shape index (κ2) is 8.48. The average molecular weight is 423 g/mol. The Labute approximate surface area is 178 Å². The fraction of sp³-hybridized carbons (Fsp3) is 0.429. The topological polar surface area (TPSA) is 122 Å². The van der Waals surface area contributed by atoms with E-state index in [-0.39, 0.29) is 18.8 Å². The summed E-state index contributed by atoms with van der Waals surface area (Å²) in [7, 11) is 1.62. The van der Waals surface area contributed by atoms with Gasteiger partial charge in [0.15, 0.2) is 5.65 Å². The van der Waals surface area contributed by atoms with Crippen LogP contribution in [0.5, 0.6) is 5.88 Å². The molecule has 0 aliphatic heterocycles. The molecular formula is C21H25N7O3. The van der Waals surface area contributed by atoms with E-state index in [0.717, 1.165) is 47.8 Å². The minimum Gasteiger partial charge on any atom is -0.480 e. The SMILES string of the molecule is COc1nc(N[C@H]2CC[C@@H](OCCO)CC2)nc2[nH]cc(-c3ccc4ncnn4c3)c12. The third-order valence-electron chi connectivity index (χ3n) is 5.73. The first-order chi connectivity index (χ1) is 15.2. The molecule has 0 unspecified atom stereocenters. The van der Waals surface area contributed by atoms with Gasteiger partial charge < -0.3 is 24.9 Å². The number of aromatic amines is 1. The van der Waals surface area contributed by atoms with Crippen molar-refractivity contribution in [3.8, 4) is 17.0 Å². The highest BCUT2D eigenvalue weighted by Gasteiger charge is 2.23. The number of pyridine rings is 1. The Balaban J connectivity index is 1.38. The van der Waals surface area contributed by atoms with Gasteiger partial charge in [0.1, 0.15) is 12.0 Å². The predicted octanol–water partition coefficient (Wildman–Crippen LogP) is 2.41. The number of aliphatic hydroxyl groups excluding tert-OH is 1. The molecule has 162 valence electrons. The Morgan fingerprint density at radius 2 is 2.10 bits per heavy atom. The largest absolute Gasteiger partial charge is 0.480 e. The molecule has 0 saturated heterocycles. The summed E-state index contributed by atoms with van der Waals surface area (Å²) < 4.78 is 13.0. The maximum Gasteiger partial charge on any atom is 0.228 e. The molecule has 4 heterocycles. The summed E-state index contributed by atoms with van der Waals surface area (Å²) in [6, 6.07) is 4.20. The zero-order chi connectivity index (χ0) is 21.2. The van der Waals surface area contributed by atoms with Crippen LogP contribution in [0.1, 0.15) is 25.7 Å². The van der Waals surface area contributed by atoms with E-state index in [4.69, 9.17) is 14.6 Å². The lowest BCUT2D eigenvalue weighted by molar-refractivity contribution is 0.00719. The smallest absolute Gasteiger partial charge is 0.228 e. The number of aromatic nitrogens is 6. The maximum absolute atomic E-state index is 8.92. The number of H-pyrrole nitrogens is 1. The Kier molecular flexibility index (Phi) is 5.39. The highest BCUT2D eigenvalue weighted by atomic mass is 16.5. The molecule has 1 fully saturated rings. The van der Waals surface area contributed by atoms with Gasteiger partial charge in [0.25, 0.3) is 0 Å². The lowest BCUT2D eigenvalue weighted by Gasteiger charge is -2.29. The van der Waals surface area contributed by atoms with Crippen LogP contribution in [-0.4, -0.2) is 67.1 Å². The molecule has 10 heteroatoms. The standard InChI is InChI=1S/C21H25N7O3/c1-30-20-18-16(13-2-7-17-23-12-24-28(17)11-13)10-22-19(18)26-21(27-20)25-14-3-5-15(6-4-14)31-9-8-29/h2,7,10-12,14-15,29H,3-6,8-9H2,1H3,(H2,22,25,26,27)/t14-,15+. The molecule has 0 bridgehead atoms. The fourth-order valence-corrected chi connectivity index (χ4v) is 4.19. The van der Waals surface area contributed by atoms with Gasteiger partial charge in [0.2, 0.25) is 11.8 Å². The van der Waals surface area contributed by atoms with Gasteiger partial charge in [-0.2, -0.15) is 15.1 Å². The predicted molar refractivity (Wildman–Crippen MR) is 115 cm³/mol. The van der Waals surface area contributed by atoms with Crippen molar-refractivity contribution in [2.45, 2.75) is 37.8 Å². The Bertz CT molecular complexity index is 1180. The second-order valence-corrected chi connectivity index (χ2v) is 7.68. The number of ether oxygens (including phenoxy) is 2. The third kappa shape index (κ3) is 3.91. The molecule has 0 aromatic carbocycles. The summed E-state index contributed by atoms with van der Waals surface area (Å²) in [5, 5.41) is 17.4. The van der Waals surface area contributed by atoms with Crippen molar-refractivity contribution in [1.29, 1.82) is 0 Å². The first-order valence-electron chi connectivity index (χ1n) is 10.5. The molecule has 0 atom stereocenters. The van der Waals surface area contributed by atoms with Gasteiger partial charge in [0.05, 0.1) is 31.8 Å². The van der Waals surface area contributed by atoms with Crippen LogP contribution < -0.4 is 10.1 Å². The summed E-state index contributed by atoms with van der Waals surface area (Å²) >= 11 is 0. The first kappa shape index (κ1) is 19.7. The lowest BCUT2D eigenvalue weighted by Crippen LogP contribution is -2.30.